The van der Waals surface area contributed by atoms with E-state index in [1.807, 2.05) is 42.5 Å². The second-order valence-corrected chi connectivity index (χ2v) is 6.04. The normalized spacial score (nSPS) is 12.2. The molecule has 0 saturated heterocycles. The zero-order valence-corrected chi connectivity index (χ0v) is 13.1. The van der Waals surface area contributed by atoms with Crippen molar-refractivity contribution in [3.63, 3.8) is 0 Å². The summed E-state index contributed by atoms with van der Waals surface area (Å²) < 4.78 is 6.25. The minimum absolute atomic E-state index is 0.0167. The van der Waals surface area contributed by atoms with E-state index in [-0.39, 0.29) is 6.04 Å². The third kappa shape index (κ3) is 4.00. The Hall–Kier alpha value is -0.970. The van der Waals surface area contributed by atoms with Gasteiger partial charge < -0.3 is 10.5 Å². The lowest BCUT2D eigenvalue weighted by Gasteiger charge is -2.13. The second-order valence-electron chi connectivity index (χ2n) is 4.12. The van der Waals surface area contributed by atoms with Crippen LogP contribution in [0.4, 0.5) is 0 Å². The van der Waals surface area contributed by atoms with Crippen molar-refractivity contribution in [2.45, 2.75) is 10.9 Å². The summed E-state index contributed by atoms with van der Waals surface area (Å²) in [5, 5.41) is 0. The Morgan fingerprint density at radius 3 is 2.47 bits per heavy atom. The summed E-state index contributed by atoms with van der Waals surface area (Å²) in [6.45, 7) is 0. The van der Waals surface area contributed by atoms with Crippen LogP contribution in [-0.2, 0) is 0 Å². The Morgan fingerprint density at radius 2 is 1.84 bits per heavy atom. The minimum atomic E-state index is 0.0167. The van der Waals surface area contributed by atoms with Crippen molar-refractivity contribution < 1.29 is 4.74 Å². The van der Waals surface area contributed by atoms with Crippen molar-refractivity contribution in [2.24, 2.45) is 5.73 Å². The molecule has 19 heavy (non-hydrogen) atoms. The molecule has 100 valence electrons. The number of nitrogens with two attached hydrogens (primary N) is 1. The molecule has 0 heterocycles. The highest BCUT2D eigenvalue weighted by Gasteiger charge is 2.08. The molecule has 2 N–H and O–H groups in total. The van der Waals surface area contributed by atoms with Gasteiger partial charge in [-0.25, -0.2) is 0 Å². The van der Waals surface area contributed by atoms with Gasteiger partial charge in [-0.2, -0.15) is 0 Å². The third-order valence-corrected chi connectivity index (χ3v) is 4.95. The number of rotatable bonds is 5. The van der Waals surface area contributed by atoms with E-state index >= 15 is 0 Å². The van der Waals surface area contributed by atoms with E-state index in [9.17, 15) is 0 Å². The van der Waals surface area contributed by atoms with Crippen molar-refractivity contribution >= 4 is 27.7 Å². The van der Waals surface area contributed by atoms with E-state index < -0.39 is 0 Å². The standard InChI is InChI=1S/C15H16BrNOS/c1-18-12-8-6-11(7-9-12)14(17)10-19-15-5-3-2-4-13(15)16/h2-9,14H,10,17H2,1H3. The fourth-order valence-electron chi connectivity index (χ4n) is 1.69. The molecule has 2 aromatic carbocycles. The van der Waals surface area contributed by atoms with Gasteiger partial charge in [-0.15, -0.1) is 11.8 Å². The fraction of sp³-hybridized carbons (Fsp3) is 0.200. The largest absolute Gasteiger partial charge is 0.497 e. The molecule has 2 nitrogen and oxygen atoms in total. The van der Waals surface area contributed by atoms with Gasteiger partial charge in [-0.05, 0) is 45.8 Å². The fourth-order valence-corrected chi connectivity index (χ4v) is 3.25. The highest BCUT2D eigenvalue weighted by Crippen LogP contribution is 2.30. The molecule has 0 aliphatic carbocycles. The maximum Gasteiger partial charge on any atom is 0.118 e. The maximum absolute atomic E-state index is 6.21. The van der Waals surface area contributed by atoms with Crippen LogP contribution in [-0.4, -0.2) is 12.9 Å². The molecular weight excluding hydrogens is 322 g/mol. The first-order valence-corrected chi connectivity index (χ1v) is 7.75. The number of hydrogen-bond donors (Lipinski definition) is 1. The molecule has 0 saturated carbocycles. The van der Waals surface area contributed by atoms with Crippen LogP contribution < -0.4 is 10.5 Å². The van der Waals surface area contributed by atoms with Crippen LogP contribution >= 0.6 is 27.7 Å². The quantitative estimate of drug-likeness (QED) is 0.828. The van der Waals surface area contributed by atoms with Gasteiger partial charge in [0.25, 0.3) is 0 Å². The van der Waals surface area contributed by atoms with E-state index in [1.54, 1.807) is 18.9 Å². The molecule has 0 fully saturated rings. The SMILES string of the molecule is COc1ccc(C(N)CSc2ccccc2Br)cc1. The summed E-state index contributed by atoms with van der Waals surface area (Å²) in [5.41, 5.74) is 7.33. The molecular formula is C15H16BrNOS. The molecule has 0 aromatic heterocycles. The number of halogens is 1. The van der Waals surface area contributed by atoms with Crippen LogP contribution in [0.1, 0.15) is 11.6 Å². The Kier molecular flexibility index (Phi) is 5.31. The third-order valence-electron chi connectivity index (χ3n) is 2.80. The monoisotopic (exact) mass is 337 g/mol. The van der Waals surface area contributed by atoms with E-state index in [4.69, 9.17) is 10.5 Å². The van der Waals surface area contributed by atoms with Gasteiger partial charge in [0.2, 0.25) is 0 Å². The first kappa shape index (κ1) is 14.4. The van der Waals surface area contributed by atoms with Gasteiger partial charge in [-0.3, -0.25) is 0 Å². The molecule has 0 spiro atoms. The summed E-state index contributed by atoms with van der Waals surface area (Å²) in [4.78, 5) is 1.21. The summed E-state index contributed by atoms with van der Waals surface area (Å²) in [6.07, 6.45) is 0. The van der Waals surface area contributed by atoms with Crippen LogP contribution in [0.25, 0.3) is 0 Å². The average Bonchev–Trinajstić information content (AvgIpc) is 2.46. The van der Waals surface area contributed by atoms with Crippen LogP contribution in [0.5, 0.6) is 5.75 Å². The topological polar surface area (TPSA) is 35.2 Å². The van der Waals surface area contributed by atoms with Gasteiger partial charge in [0.15, 0.2) is 0 Å². The highest BCUT2D eigenvalue weighted by molar-refractivity contribution is 9.10. The summed E-state index contributed by atoms with van der Waals surface area (Å²) >= 11 is 5.30. The highest BCUT2D eigenvalue weighted by atomic mass is 79.9. The predicted molar refractivity (Wildman–Crippen MR) is 84.8 cm³/mol. The molecule has 1 unspecified atom stereocenters. The molecule has 0 bridgehead atoms. The van der Waals surface area contributed by atoms with Crippen molar-refractivity contribution in [3.8, 4) is 5.75 Å². The Bertz CT molecular complexity index is 530. The number of methoxy groups -OCH3 is 1. The number of hydrogen-bond acceptors (Lipinski definition) is 3. The lowest BCUT2D eigenvalue weighted by atomic mass is 10.1. The maximum atomic E-state index is 6.21. The number of ether oxygens (including phenoxy) is 1. The Morgan fingerprint density at radius 1 is 1.16 bits per heavy atom. The van der Waals surface area contributed by atoms with Crippen molar-refractivity contribution in [2.75, 3.05) is 12.9 Å². The molecule has 0 radical (unpaired) electrons. The average molecular weight is 338 g/mol. The smallest absolute Gasteiger partial charge is 0.118 e. The summed E-state index contributed by atoms with van der Waals surface area (Å²) in [5.74, 6) is 1.70. The minimum Gasteiger partial charge on any atom is -0.497 e. The predicted octanol–water partition coefficient (Wildman–Crippen LogP) is 4.25. The second kappa shape index (κ2) is 6.98. The van der Waals surface area contributed by atoms with Crippen molar-refractivity contribution in [1.29, 1.82) is 0 Å². The lowest BCUT2D eigenvalue weighted by molar-refractivity contribution is 0.414. The van der Waals surface area contributed by atoms with Crippen LogP contribution in [0.15, 0.2) is 57.9 Å². The molecule has 2 rings (SSSR count). The summed E-state index contributed by atoms with van der Waals surface area (Å²) in [6, 6.07) is 16.1. The first-order chi connectivity index (χ1) is 9.20. The molecule has 0 aliphatic heterocycles. The molecule has 4 heteroatoms. The van der Waals surface area contributed by atoms with Gasteiger partial charge in [0, 0.05) is 21.2 Å². The number of benzene rings is 2. The van der Waals surface area contributed by atoms with Crippen LogP contribution in [0, 0.1) is 0 Å². The van der Waals surface area contributed by atoms with E-state index in [0.29, 0.717) is 0 Å². The zero-order chi connectivity index (χ0) is 13.7. The van der Waals surface area contributed by atoms with Gasteiger partial charge in [0.05, 0.1) is 7.11 Å². The van der Waals surface area contributed by atoms with Crippen molar-refractivity contribution in [1.82, 2.24) is 0 Å². The number of thioether (sulfide) groups is 1. The molecule has 1 atom stereocenters. The van der Waals surface area contributed by atoms with Gasteiger partial charge >= 0.3 is 0 Å². The molecule has 0 aliphatic rings. The lowest BCUT2D eigenvalue weighted by Crippen LogP contribution is -2.12. The van der Waals surface area contributed by atoms with Crippen LogP contribution in [0.2, 0.25) is 0 Å². The summed E-state index contributed by atoms with van der Waals surface area (Å²) in [7, 11) is 1.66. The van der Waals surface area contributed by atoms with Gasteiger partial charge in [-0.1, -0.05) is 24.3 Å². The first-order valence-electron chi connectivity index (χ1n) is 5.97. The van der Waals surface area contributed by atoms with Gasteiger partial charge in [0.1, 0.15) is 5.75 Å². The van der Waals surface area contributed by atoms with E-state index in [2.05, 4.69) is 22.0 Å². The van der Waals surface area contributed by atoms with E-state index in [1.165, 1.54) is 4.90 Å². The molecule has 0 amide bonds. The Labute approximate surface area is 126 Å². The molecule has 2 aromatic rings. The van der Waals surface area contributed by atoms with Crippen molar-refractivity contribution in [3.05, 3.63) is 58.6 Å². The van der Waals surface area contributed by atoms with Crippen LogP contribution in [0.3, 0.4) is 0 Å². The zero-order valence-electron chi connectivity index (χ0n) is 10.7. The van der Waals surface area contributed by atoms with E-state index in [0.717, 1.165) is 21.5 Å². The Balaban J connectivity index is 1.97.